The van der Waals surface area contributed by atoms with E-state index in [0.717, 1.165) is 43.9 Å². The van der Waals surface area contributed by atoms with Crippen LogP contribution in [-0.4, -0.2) is 36.5 Å². The van der Waals surface area contributed by atoms with E-state index in [1.165, 1.54) is 16.8 Å². The molecule has 1 heterocycles. The van der Waals surface area contributed by atoms with Crippen molar-refractivity contribution in [3.8, 4) is 5.88 Å². The second-order valence-electron chi connectivity index (χ2n) is 7.90. The number of amides is 1. The maximum Gasteiger partial charge on any atom is 0.416 e. The Morgan fingerprint density at radius 2 is 1.89 bits per heavy atom. The minimum Gasteiger partial charge on any atom is -0.477 e. The van der Waals surface area contributed by atoms with E-state index in [1.54, 1.807) is 6.07 Å². The summed E-state index contributed by atoms with van der Waals surface area (Å²) in [4.78, 5) is 12.2. The Kier molecular flexibility index (Phi) is 10.6. The number of ether oxygens (including phenoxy) is 1. The Balaban J connectivity index is 2.23. The number of unbranched alkanes of at least 4 members (excludes halogenated alkanes) is 3. The van der Waals surface area contributed by atoms with Gasteiger partial charge in [0.05, 0.1) is 30.2 Å². The Morgan fingerprint density at radius 3 is 2.51 bits per heavy atom. The van der Waals surface area contributed by atoms with Crippen LogP contribution in [0.15, 0.2) is 30.3 Å². The molecule has 0 unspecified atom stereocenters. The molecule has 0 aliphatic carbocycles. The van der Waals surface area contributed by atoms with Crippen LogP contribution in [0.4, 0.5) is 13.2 Å². The van der Waals surface area contributed by atoms with E-state index in [4.69, 9.17) is 16.3 Å². The van der Waals surface area contributed by atoms with Crippen LogP contribution in [0, 0.1) is 0 Å². The Hall–Kier alpha value is -2.53. The molecule has 0 aliphatic heterocycles. The van der Waals surface area contributed by atoms with Crippen LogP contribution in [0.2, 0.25) is 5.02 Å². The van der Waals surface area contributed by atoms with Gasteiger partial charge in [-0.2, -0.15) is 13.2 Å². The second kappa shape index (κ2) is 13.0. The van der Waals surface area contributed by atoms with Crippen LogP contribution < -0.4 is 9.46 Å². The summed E-state index contributed by atoms with van der Waals surface area (Å²) in [6.07, 6.45) is 1.61. The van der Waals surface area contributed by atoms with Gasteiger partial charge in [0.25, 0.3) is 5.91 Å². The second-order valence-corrected chi connectivity index (χ2v) is 10.1. The van der Waals surface area contributed by atoms with Gasteiger partial charge in [0.15, 0.2) is 0 Å². The average Bonchev–Trinajstić information content (AvgIpc) is 3.14. The first-order chi connectivity index (χ1) is 16.4. The van der Waals surface area contributed by atoms with Crippen molar-refractivity contribution in [2.45, 2.75) is 58.7 Å². The first-order valence-electron chi connectivity index (χ1n) is 11.2. The number of nitrogens with zero attached hydrogens (tertiary/aromatic N) is 2. The van der Waals surface area contributed by atoms with Gasteiger partial charge in [0.1, 0.15) is 0 Å². The van der Waals surface area contributed by atoms with Crippen molar-refractivity contribution in [3.05, 3.63) is 52.2 Å². The predicted molar refractivity (Wildman–Crippen MR) is 129 cm³/mol. The number of hydrogen-bond donors (Lipinski definition) is 1. The maximum absolute atomic E-state index is 12.9. The van der Waals surface area contributed by atoms with Gasteiger partial charge < -0.3 is 4.74 Å². The molecule has 2 aromatic rings. The van der Waals surface area contributed by atoms with Gasteiger partial charge in [-0.15, -0.1) is 5.10 Å². The highest BCUT2D eigenvalue weighted by molar-refractivity contribution is 7.90. The lowest BCUT2D eigenvalue weighted by molar-refractivity contribution is -0.137. The third-order valence-electron chi connectivity index (χ3n) is 4.92. The van der Waals surface area contributed by atoms with Gasteiger partial charge in [-0.1, -0.05) is 50.8 Å². The topological polar surface area (TPSA) is 90.3 Å². The number of hydrogen-bond acceptors (Lipinski definition) is 5. The van der Waals surface area contributed by atoms with Crippen molar-refractivity contribution in [2.75, 3.05) is 12.4 Å². The summed E-state index contributed by atoms with van der Waals surface area (Å²) in [6, 6.07) is 4.57. The summed E-state index contributed by atoms with van der Waals surface area (Å²) in [6.45, 7) is 4.35. The van der Waals surface area contributed by atoms with E-state index in [2.05, 4.69) is 5.10 Å². The lowest BCUT2D eigenvalue weighted by atomic mass is 10.1. The molecule has 1 aromatic carbocycles. The number of rotatable bonds is 13. The highest BCUT2D eigenvalue weighted by atomic mass is 35.5. The van der Waals surface area contributed by atoms with Crippen LogP contribution in [0.1, 0.15) is 62.8 Å². The lowest BCUT2D eigenvalue weighted by Gasteiger charge is -2.11. The van der Waals surface area contributed by atoms with E-state index in [-0.39, 0.29) is 23.2 Å². The quantitative estimate of drug-likeness (QED) is 0.273. The number of benzene rings is 1. The predicted octanol–water partition coefficient (Wildman–Crippen LogP) is 5.43. The van der Waals surface area contributed by atoms with E-state index < -0.39 is 27.7 Å². The molecule has 7 nitrogen and oxygen atoms in total. The fraction of sp³-hybridized carbons (Fsp3) is 0.478. The molecule has 2 rings (SSSR count). The first-order valence-corrected chi connectivity index (χ1v) is 13.3. The molecule has 35 heavy (non-hydrogen) atoms. The standard InChI is InChI=1S/C23H29ClF3N3O4S/c1-3-5-7-13-35(32,33)29-21(31)11-10-19-15-22(34-12-6-4-2)28-30(19)16-17-8-9-18(14-20(17)24)23(25,26)27/h8-11,14-15H,3-7,12-13,16H2,1-2H3,(H,29,31). The van der Waals surface area contributed by atoms with Gasteiger partial charge in [0, 0.05) is 17.2 Å². The third-order valence-corrected chi connectivity index (χ3v) is 6.61. The number of sulfonamides is 1. The smallest absolute Gasteiger partial charge is 0.416 e. The summed E-state index contributed by atoms with van der Waals surface area (Å²) in [5.74, 6) is -0.718. The van der Waals surface area contributed by atoms with Crippen LogP contribution in [0.3, 0.4) is 0 Å². The third kappa shape index (κ3) is 9.56. The first kappa shape index (κ1) is 28.7. The lowest BCUT2D eigenvalue weighted by Crippen LogP contribution is -2.31. The summed E-state index contributed by atoms with van der Waals surface area (Å²) >= 11 is 6.08. The van der Waals surface area contributed by atoms with Crippen LogP contribution in [0.5, 0.6) is 5.88 Å². The summed E-state index contributed by atoms with van der Waals surface area (Å²) in [7, 11) is -3.75. The highest BCUT2D eigenvalue weighted by Crippen LogP contribution is 2.32. The normalized spacial score (nSPS) is 12.3. The van der Waals surface area contributed by atoms with E-state index in [0.29, 0.717) is 24.3 Å². The zero-order valence-electron chi connectivity index (χ0n) is 19.6. The molecule has 1 N–H and O–H groups in total. The van der Waals surface area contributed by atoms with Crippen molar-refractivity contribution in [1.82, 2.24) is 14.5 Å². The van der Waals surface area contributed by atoms with Gasteiger partial charge in [0.2, 0.25) is 15.9 Å². The molecular weight excluding hydrogens is 507 g/mol. The molecule has 1 amide bonds. The average molecular weight is 536 g/mol. The molecule has 0 fully saturated rings. The van der Waals surface area contributed by atoms with Crippen molar-refractivity contribution in [3.63, 3.8) is 0 Å². The maximum atomic E-state index is 12.9. The molecule has 0 spiro atoms. The fourth-order valence-electron chi connectivity index (χ4n) is 3.01. The molecule has 0 atom stereocenters. The summed E-state index contributed by atoms with van der Waals surface area (Å²) in [5.41, 5.74) is -0.112. The molecule has 0 radical (unpaired) electrons. The zero-order chi connectivity index (χ0) is 26.1. The van der Waals surface area contributed by atoms with Gasteiger partial charge in [-0.25, -0.2) is 13.1 Å². The number of halogens is 4. The molecule has 194 valence electrons. The molecule has 0 saturated heterocycles. The Bertz CT molecular complexity index is 1130. The molecular formula is C23H29ClF3N3O4S. The van der Waals surface area contributed by atoms with E-state index in [1.807, 2.05) is 18.6 Å². The number of alkyl halides is 3. The monoisotopic (exact) mass is 535 g/mol. The molecule has 0 bridgehead atoms. The Morgan fingerprint density at radius 1 is 1.17 bits per heavy atom. The number of carbonyl (C=O) groups is 1. The number of nitrogens with one attached hydrogen (secondary N) is 1. The van der Waals surface area contributed by atoms with E-state index >= 15 is 0 Å². The van der Waals surface area contributed by atoms with Crippen molar-refractivity contribution < 1.29 is 31.1 Å². The SMILES string of the molecule is CCCCCS(=O)(=O)NC(=O)C=Cc1cc(OCCCC)nn1Cc1ccc(C(F)(F)F)cc1Cl. The zero-order valence-corrected chi connectivity index (χ0v) is 21.1. The van der Waals surface area contributed by atoms with Gasteiger partial charge >= 0.3 is 6.18 Å². The van der Waals surface area contributed by atoms with E-state index in [9.17, 15) is 26.4 Å². The van der Waals surface area contributed by atoms with Crippen LogP contribution in [-0.2, 0) is 27.5 Å². The van der Waals surface area contributed by atoms with Crippen molar-refractivity contribution >= 4 is 33.6 Å². The van der Waals surface area contributed by atoms with Crippen LogP contribution in [0.25, 0.3) is 6.08 Å². The minimum absolute atomic E-state index is 0.00468. The largest absolute Gasteiger partial charge is 0.477 e. The molecule has 0 aliphatic rings. The fourth-order valence-corrected chi connectivity index (χ4v) is 4.31. The van der Waals surface area contributed by atoms with Crippen LogP contribution >= 0.6 is 11.6 Å². The van der Waals surface area contributed by atoms with Gasteiger partial charge in [-0.05, 0) is 36.6 Å². The molecule has 1 aromatic heterocycles. The summed E-state index contributed by atoms with van der Waals surface area (Å²) in [5, 5.41) is 4.22. The van der Waals surface area contributed by atoms with Crippen molar-refractivity contribution in [1.29, 1.82) is 0 Å². The number of carbonyl (C=O) groups excluding carboxylic acids is 1. The van der Waals surface area contributed by atoms with Gasteiger partial charge in [-0.3, -0.25) is 9.48 Å². The summed E-state index contributed by atoms with van der Waals surface area (Å²) < 4.78 is 71.9. The molecule has 0 saturated carbocycles. The minimum atomic E-state index is -4.52. The molecule has 12 heteroatoms. The highest BCUT2D eigenvalue weighted by Gasteiger charge is 2.31. The Labute approximate surface area is 208 Å². The van der Waals surface area contributed by atoms with Crippen molar-refractivity contribution in [2.24, 2.45) is 0 Å². The number of aromatic nitrogens is 2.